The van der Waals surface area contributed by atoms with Gasteiger partial charge < -0.3 is 9.30 Å². The summed E-state index contributed by atoms with van der Waals surface area (Å²) in [5.41, 5.74) is 0.955. The number of nitrogens with zero attached hydrogens (tertiary/aromatic N) is 2. The molecule has 0 radical (unpaired) electrons. The molecule has 0 bridgehead atoms. The average molecular weight is 229 g/mol. The third kappa shape index (κ3) is 2.52. The molecule has 1 aromatic heterocycles. The molecule has 1 aliphatic rings. The number of hydrogen-bond donors (Lipinski definition) is 0. The van der Waals surface area contributed by atoms with Crippen LogP contribution in [-0.4, -0.2) is 22.8 Å². The minimum Gasteiger partial charge on any atom is -0.381 e. The first-order valence-electron chi connectivity index (χ1n) is 5.44. The van der Waals surface area contributed by atoms with E-state index in [9.17, 15) is 0 Å². The Morgan fingerprint density at radius 1 is 1.60 bits per heavy atom. The zero-order valence-electron chi connectivity index (χ0n) is 9.03. The zero-order valence-corrected chi connectivity index (χ0v) is 9.78. The van der Waals surface area contributed by atoms with Gasteiger partial charge in [0, 0.05) is 19.3 Å². The molecule has 2 rings (SSSR count). The molecular formula is C11H17ClN2O. The van der Waals surface area contributed by atoms with Gasteiger partial charge in [0.25, 0.3) is 0 Å². The Labute approximate surface area is 95.4 Å². The molecule has 0 spiro atoms. The van der Waals surface area contributed by atoms with Gasteiger partial charge >= 0.3 is 0 Å². The fourth-order valence-electron chi connectivity index (χ4n) is 2.25. The van der Waals surface area contributed by atoms with Crippen LogP contribution >= 0.6 is 11.6 Å². The molecule has 0 aromatic carbocycles. The molecule has 1 saturated carbocycles. The van der Waals surface area contributed by atoms with Crippen molar-refractivity contribution < 1.29 is 4.74 Å². The Kier molecular flexibility index (Phi) is 3.65. The third-order valence-electron chi connectivity index (χ3n) is 3.15. The van der Waals surface area contributed by atoms with Crippen LogP contribution in [0, 0.1) is 0 Å². The summed E-state index contributed by atoms with van der Waals surface area (Å²) in [4.78, 5) is 4.25. The standard InChI is InChI=1S/C11H17ClN2O/c1-15-11-4-2-3-10(5-11)14-7-9(6-12)13-8-14/h7-8,10-11H,2-6H2,1H3. The summed E-state index contributed by atoms with van der Waals surface area (Å²) in [6.45, 7) is 0. The normalized spacial score (nSPS) is 26.8. The van der Waals surface area contributed by atoms with Gasteiger partial charge in [0.15, 0.2) is 0 Å². The van der Waals surface area contributed by atoms with E-state index in [2.05, 4.69) is 15.7 Å². The van der Waals surface area contributed by atoms with Crippen molar-refractivity contribution in [2.75, 3.05) is 7.11 Å². The van der Waals surface area contributed by atoms with Gasteiger partial charge in [0.05, 0.1) is 24.0 Å². The van der Waals surface area contributed by atoms with Crippen LogP contribution in [0.5, 0.6) is 0 Å². The highest BCUT2D eigenvalue weighted by molar-refractivity contribution is 6.16. The maximum atomic E-state index is 5.73. The number of aromatic nitrogens is 2. The smallest absolute Gasteiger partial charge is 0.0952 e. The van der Waals surface area contributed by atoms with Crippen molar-refractivity contribution in [3.63, 3.8) is 0 Å². The molecule has 1 heterocycles. The van der Waals surface area contributed by atoms with Crippen molar-refractivity contribution >= 4 is 11.6 Å². The van der Waals surface area contributed by atoms with E-state index in [0.717, 1.165) is 12.1 Å². The second-order valence-electron chi connectivity index (χ2n) is 4.12. The summed E-state index contributed by atoms with van der Waals surface area (Å²) < 4.78 is 7.60. The number of rotatable bonds is 3. The van der Waals surface area contributed by atoms with Crippen LogP contribution in [0.3, 0.4) is 0 Å². The highest BCUT2D eigenvalue weighted by atomic mass is 35.5. The molecule has 0 saturated heterocycles. The molecule has 0 amide bonds. The third-order valence-corrected chi connectivity index (χ3v) is 3.42. The van der Waals surface area contributed by atoms with E-state index in [0.29, 0.717) is 18.0 Å². The lowest BCUT2D eigenvalue weighted by atomic mass is 9.93. The van der Waals surface area contributed by atoms with Crippen molar-refractivity contribution in [1.82, 2.24) is 9.55 Å². The number of halogens is 1. The largest absolute Gasteiger partial charge is 0.381 e. The summed E-state index contributed by atoms with van der Waals surface area (Å²) in [6, 6.07) is 0.535. The molecule has 4 heteroatoms. The van der Waals surface area contributed by atoms with Gasteiger partial charge in [-0.05, 0) is 25.7 Å². The van der Waals surface area contributed by atoms with E-state index in [1.807, 2.05) is 6.33 Å². The molecule has 2 atom stereocenters. The van der Waals surface area contributed by atoms with Crippen LogP contribution in [0.1, 0.15) is 37.4 Å². The minimum absolute atomic E-state index is 0.408. The van der Waals surface area contributed by atoms with Crippen molar-refractivity contribution in [3.8, 4) is 0 Å². The van der Waals surface area contributed by atoms with Gasteiger partial charge in [-0.25, -0.2) is 4.98 Å². The van der Waals surface area contributed by atoms with Gasteiger partial charge in [0.1, 0.15) is 0 Å². The highest BCUT2D eigenvalue weighted by Gasteiger charge is 2.22. The summed E-state index contributed by atoms with van der Waals surface area (Å²) >= 11 is 5.73. The van der Waals surface area contributed by atoms with E-state index in [1.54, 1.807) is 7.11 Å². The van der Waals surface area contributed by atoms with Crippen molar-refractivity contribution in [2.24, 2.45) is 0 Å². The Bertz CT molecular complexity index is 313. The molecule has 1 aromatic rings. The van der Waals surface area contributed by atoms with Gasteiger partial charge in [0.2, 0.25) is 0 Å². The molecule has 1 fully saturated rings. The van der Waals surface area contributed by atoms with E-state index < -0.39 is 0 Å². The highest BCUT2D eigenvalue weighted by Crippen LogP contribution is 2.29. The van der Waals surface area contributed by atoms with Crippen molar-refractivity contribution in [1.29, 1.82) is 0 Å². The maximum Gasteiger partial charge on any atom is 0.0952 e. The molecule has 3 nitrogen and oxygen atoms in total. The number of ether oxygens (including phenoxy) is 1. The first-order chi connectivity index (χ1) is 7.33. The molecule has 1 aliphatic carbocycles. The SMILES string of the molecule is COC1CCCC(n2cnc(CCl)c2)C1. The predicted octanol–water partition coefficient (Wildman–Crippen LogP) is 2.75. The van der Waals surface area contributed by atoms with Gasteiger partial charge in [-0.15, -0.1) is 11.6 Å². The van der Waals surface area contributed by atoms with Crippen LogP contribution in [0.25, 0.3) is 0 Å². The Balaban J connectivity index is 2.03. The molecule has 0 N–H and O–H groups in total. The molecule has 2 unspecified atom stereocenters. The quantitative estimate of drug-likeness (QED) is 0.744. The fraction of sp³-hybridized carbons (Fsp3) is 0.727. The summed E-state index contributed by atoms with van der Waals surface area (Å²) in [6.07, 6.45) is 9.08. The monoisotopic (exact) mass is 228 g/mol. The molecule has 84 valence electrons. The van der Waals surface area contributed by atoms with Crippen LogP contribution in [0.4, 0.5) is 0 Å². The maximum absolute atomic E-state index is 5.73. The first kappa shape index (κ1) is 11.0. The van der Waals surface area contributed by atoms with E-state index >= 15 is 0 Å². The fourth-order valence-corrected chi connectivity index (χ4v) is 2.39. The van der Waals surface area contributed by atoms with E-state index in [4.69, 9.17) is 16.3 Å². The van der Waals surface area contributed by atoms with Crippen LogP contribution in [-0.2, 0) is 10.6 Å². The van der Waals surface area contributed by atoms with Gasteiger partial charge in [-0.1, -0.05) is 0 Å². The first-order valence-corrected chi connectivity index (χ1v) is 5.98. The van der Waals surface area contributed by atoms with Crippen LogP contribution in [0.15, 0.2) is 12.5 Å². The topological polar surface area (TPSA) is 27.1 Å². The van der Waals surface area contributed by atoms with Crippen molar-refractivity contribution in [3.05, 3.63) is 18.2 Å². The number of alkyl halides is 1. The number of hydrogen-bond acceptors (Lipinski definition) is 2. The number of methoxy groups -OCH3 is 1. The number of imidazole rings is 1. The zero-order chi connectivity index (χ0) is 10.7. The average Bonchev–Trinajstić information content (AvgIpc) is 2.78. The lowest BCUT2D eigenvalue weighted by molar-refractivity contribution is 0.0530. The molecule has 0 aliphatic heterocycles. The van der Waals surface area contributed by atoms with E-state index in [1.165, 1.54) is 19.3 Å². The second kappa shape index (κ2) is 4.99. The summed E-state index contributed by atoms with van der Waals surface area (Å²) in [5.74, 6) is 0.493. The van der Waals surface area contributed by atoms with Crippen molar-refractivity contribution in [2.45, 2.75) is 43.7 Å². The Morgan fingerprint density at radius 2 is 2.47 bits per heavy atom. The predicted molar refractivity (Wildman–Crippen MR) is 60.1 cm³/mol. The molecule has 15 heavy (non-hydrogen) atoms. The van der Waals surface area contributed by atoms with Crippen LogP contribution < -0.4 is 0 Å². The van der Waals surface area contributed by atoms with Gasteiger partial charge in [-0.3, -0.25) is 0 Å². The lowest BCUT2D eigenvalue weighted by Crippen LogP contribution is -2.23. The lowest BCUT2D eigenvalue weighted by Gasteiger charge is -2.28. The van der Waals surface area contributed by atoms with Gasteiger partial charge in [-0.2, -0.15) is 0 Å². The Hall–Kier alpha value is -0.540. The summed E-state index contributed by atoms with van der Waals surface area (Å²) in [7, 11) is 1.80. The minimum atomic E-state index is 0.408. The Morgan fingerprint density at radius 3 is 3.13 bits per heavy atom. The van der Waals surface area contributed by atoms with E-state index in [-0.39, 0.29) is 0 Å². The second-order valence-corrected chi connectivity index (χ2v) is 4.39. The molecular weight excluding hydrogens is 212 g/mol. The van der Waals surface area contributed by atoms with Crippen LogP contribution in [0.2, 0.25) is 0 Å². The summed E-state index contributed by atoms with van der Waals surface area (Å²) in [5, 5.41) is 0.